The molecule has 5 nitrogen and oxygen atoms in total. The lowest BCUT2D eigenvalue weighted by Crippen LogP contribution is -2.12. The molecule has 29 heavy (non-hydrogen) atoms. The minimum atomic E-state index is -5.00. The fourth-order valence-electron chi connectivity index (χ4n) is 2.98. The molecule has 3 heterocycles. The molecule has 152 valence electrons. The van der Waals surface area contributed by atoms with E-state index >= 15 is 0 Å². The Labute approximate surface area is 155 Å². The molecule has 0 radical (unpaired) electrons. The number of rotatable bonds is 2. The summed E-state index contributed by atoms with van der Waals surface area (Å²) in [6.07, 6.45) is -12.1. The number of hydrogen-bond donors (Lipinski definition) is 1. The first kappa shape index (κ1) is 19.1. The highest BCUT2D eigenvalue weighted by molar-refractivity contribution is 5.88. The molecule has 0 aliphatic heterocycles. The quantitative estimate of drug-likeness (QED) is 0.450. The molecule has 0 unspecified atom stereocenters. The molecule has 0 aliphatic carbocycles. The van der Waals surface area contributed by atoms with Crippen LogP contribution in [0.3, 0.4) is 0 Å². The maximum Gasteiger partial charge on any atom is 0.418 e. The molecule has 4 aromatic rings. The van der Waals surface area contributed by atoms with Gasteiger partial charge in [-0.05, 0) is 24.3 Å². The largest absolute Gasteiger partial charge is 0.418 e. The third kappa shape index (κ3) is 3.15. The van der Waals surface area contributed by atoms with E-state index in [-0.39, 0.29) is 11.0 Å². The van der Waals surface area contributed by atoms with Crippen molar-refractivity contribution in [2.45, 2.75) is 18.8 Å². The van der Waals surface area contributed by atoms with Gasteiger partial charge in [-0.25, -0.2) is 18.3 Å². The van der Waals surface area contributed by atoms with Crippen LogP contribution in [0.25, 0.3) is 27.8 Å². The number of hydrogen-bond acceptors (Lipinski definition) is 3. The molecule has 13 heteroatoms. The standard InChI is InChI=1S/C16H7F8N5/c17-13(18)14-26-10-2-1-8(15(19,20)21)12(29(10)28-14)6-3-7-5-25-27-11(7)9(4-6)16(22,23)24/h1-5,13H,(H,25,27). The van der Waals surface area contributed by atoms with Crippen molar-refractivity contribution in [2.75, 3.05) is 0 Å². The monoisotopic (exact) mass is 421 g/mol. The van der Waals surface area contributed by atoms with Crippen molar-refractivity contribution in [3.05, 3.63) is 47.4 Å². The van der Waals surface area contributed by atoms with Gasteiger partial charge in [-0.3, -0.25) is 5.10 Å². The minimum absolute atomic E-state index is 0.117. The number of fused-ring (bicyclic) bond motifs is 2. The second-order valence-electron chi connectivity index (χ2n) is 5.99. The van der Waals surface area contributed by atoms with Crippen LogP contribution in [0, 0.1) is 0 Å². The van der Waals surface area contributed by atoms with Crippen LogP contribution < -0.4 is 0 Å². The van der Waals surface area contributed by atoms with Crippen LogP contribution in [0.5, 0.6) is 0 Å². The second kappa shape index (κ2) is 6.12. The zero-order chi connectivity index (χ0) is 21.1. The Morgan fingerprint density at radius 3 is 2.24 bits per heavy atom. The summed E-state index contributed by atoms with van der Waals surface area (Å²) < 4.78 is 107. The third-order valence-electron chi connectivity index (χ3n) is 4.14. The molecule has 4 rings (SSSR count). The van der Waals surface area contributed by atoms with E-state index in [1.807, 2.05) is 0 Å². The molecule has 0 saturated heterocycles. The number of aromatic amines is 1. The SMILES string of the molecule is FC(F)c1nc2ccc(C(F)(F)F)c(-c3cc(C(F)(F)F)c4[nH]ncc4c3)n2n1. The molecule has 0 spiro atoms. The Morgan fingerprint density at radius 2 is 1.62 bits per heavy atom. The average Bonchev–Trinajstić information content (AvgIpc) is 3.24. The summed E-state index contributed by atoms with van der Waals surface area (Å²) in [6, 6.07) is 2.88. The number of benzene rings is 1. The molecule has 1 aromatic carbocycles. The Kier molecular flexibility index (Phi) is 4.03. The van der Waals surface area contributed by atoms with Crippen LogP contribution in [-0.4, -0.2) is 24.8 Å². The van der Waals surface area contributed by atoms with Gasteiger partial charge in [0.15, 0.2) is 5.65 Å². The maximum atomic E-state index is 13.6. The van der Waals surface area contributed by atoms with Gasteiger partial charge in [-0.2, -0.15) is 31.4 Å². The van der Waals surface area contributed by atoms with E-state index in [9.17, 15) is 35.1 Å². The summed E-state index contributed by atoms with van der Waals surface area (Å²) in [5.74, 6) is -1.05. The Bertz CT molecular complexity index is 1220. The van der Waals surface area contributed by atoms with E-state index in [2.05, 4.69) is 20.3 Å². The first-order valence-electron chi connectivity index (χ1n) is 7.76. The van der Waals surface area contributed by atoms with Crippen molar-refractivity contribution < 1.29 is 35.1 Å². The molecule has 0 aliphatic rings. The lowest BCUT2D eigenvalue weighted by Gasteiger charge is -2.16. The van der Waals surface area contributed by atoms with Crippen molar-refractivity contribution in [3.63, 3.8) is 0 Å². The molecule has 0 fully saturated rings. The van der Waals surface area contributed by atoms with Crippen molar-refractivity contribution in [1.82, 2.24) is 24.8 Å². The first-order chi connectivity index (χ1) is 13.5. The van der Waals surface area contributed by atoms with E-state index < -0.39 is 52.5 Å². The number of H-pyrrole nitrogens is 1. The third-order valence-corrected chi connectivity index (χ3v) is 4.14. The van der Waals surface area contributed by atoms with Gasteiger partial charge in [0.25, 0.3) is 6.43 Å². The van der Waals surface area contributed by atoms with Crippen LogP contribution in [0.1, 0.15) is 23.4 Å². The number of halogens is 8. The lowest BCUT2D eigenvalue weighted by molar-refractivity contribution is -0.137. The van der Waals surface area contributed by atoms with Gasteiger partial charge in [-0.15, -0.1) is 5.10 Å². The number of nitrogens with zero attached hydrogens (tertiary/aromatic N) is 4. The fourth-order valence-corrected chi connectivity index (χ4v) is 2.98. The molecular formula is C16H7F8N5. The van der Waals surface area contributed by atoms with Gasteiger partial charge < -0.3 is 0 Å². The van der Waals surface area contributed by atoms with Crippen LogP contribution in [0.15, 0.2) is 30.5 Å². The molecule has 1 N–H and O–H groups in total. The Hall–Kier alpha value is -3.25. The van der Waals surface area contributed by atoms with E-state index in [0.717, 1.165) is 18.3 Å². The van der Waals surface area contributed by atoms with Crippen molar-refractivity contribution in [3.8, 4) is 11.3 Å². The van der Waals surface area contributed by atoms with Crippen molar-refractivity contribution in [1.29, 1.82) is 0 Å². The summed E-state index contributed by atoms with van der Waals surface area (Å²) in [6.45, 7) is 0. The Morgan fingerprint density at radius 1 is 0.931 bits per heavy atom. The molecule has 0 bridgehead atoms. The summed E-state index contributed by atoms with van der Waals surface area (Å²) in [4.78, 5) is 3.44. The summed E-state index contributed by atoms with van der Waals surface area (Å²) in [7, 11) is 0. The van der Waals surface area contributed by atoms with Gasteiger partial charge in [0.1, 0.15) is 0 Å². The molecular weight excluding hydrogens is 414 g/mol. The zero-order valence-electron chi connectivity index (χ0n) is 13.8. The summed E-state index contributed by atoms with van der Waals surface area (Å²) in [5, 5.41) is 8.89. The molecule has 0 atom stereocenters. The first-order valence-corrected chi connectivity index (χ1v) is 7.76. The van der Waals surface area contributed by atoms with Gasteiger partial charge >= 0.3 is 12.4 Å². The van der Waals surface area contributed by atoms with Crippen molar-refractivity contribution in [2.24, 2.45) is 0 Å². The predicted octanol–water partition coefficient (Wildman–Crippen LogP) is 5.25. The number of alkyl halides is 8. The number of aromatic nitrogens is 5. The molecule has 0 saturated carbocycles. The van der Waals surface area contributed by atoms with Crippen LogP contribution in [0.2, 0.25) is 0 Å². The zero-order valence-corrected chi connectivity index (χ0v) is 13.8. The van der Waals surface area contributed by atoms with Gasteiger partial charge in [0.05, 0.1) is 28.5 Å². The van der Waals surface area contributed by atoms with E-state index in [1.54, 1.807) is 0 Å². The highest BCUT2D eigenvalue weighted by Crippen LogP contribution is 2.41. The fraction of sp³-hybridized carbons (Fsp3) is 0.188. The number of nitrogens with one attached hydrogen (secondary N) is 1. The second-order valence-corrected chi connectivity index (χ2v) is 5.99. The highest BCUT2D eigenvalue weighted by atomic mass is 19.4. The van der Waals surface area contributed by atoms with Crippen LogP contribution in [-0.2, 0) is 12.4 Å². The smallest absolute Gasteiger partial charge is 0.277 e. The van der Waals surface area contributed by atoms with Crippen LogP contribution in [0.4, 0.5) is 35.1 Å². The number of pyridine rings is 1. The van der Waals surface area contributed by atoms with Gasteiger partial charge in [-0.1, -0.05) is 0 Å². The van der Waals surface area contributed by atoms with Gasteiger partial charge in [0, 0.05) is 10.9 Å². The van der Waals surface area contributed by atoms with Crippen LogP contribution >= 0.6 is 0 Å². The summed E-state index contributed by atoms with van der Waals surface area (Å²) in [5.41, 5.74) is -4.79. The van der Waals surface area contributed by atoms with E-state index in [4.69, 9.17) is 0 Å². The van der Waals surface area contributed by atoms with Crippen molar-refractivity contribution >= 4 is 16.6 Å². The summed E-state index contributed by atoms with van der Waals surface area (Å²) >= 11 is 0. The average molecular weight is 421 g/mol. The minimum Gasteiger partial charge on any atom is -0.277 e. The topological polar surface area (TPSA) is 58.9 Å². The normalized spacial score (nSPS) is 13.1. The highest BCUT2D eigenvalue weighted by Gasteiger charge is 2.38. The predicted molar refractivity (Wildman–Crippen MR) is 83.0 cm³/mol. The maximum absolute atomic E-state index is 13.6. The van der Waals surface area contributed by atoms with E-state index in [1.165, 1.54) is 0 Å². The molecule has 0 amide bonds. The lowest BCUT2D eigenvalue weighted by atomic mass is 10.00. The Balaban J connectivity index is 2.12. The van der Waals surface area contributed by atoms with E-state index in [0.29, 0.717) is 16.6 Å². The molecule has 3 aromatic heterocycles. The van der Waals surface area contributed by atoms with Gasteiger partial charge in [0.2, 0.25) is 5.82 Å².